The molecule has 5 heteroatoms. The van der Waals surface area contributed by atoms with E-state index in [1.165, 1.54) is 0 Å². The molecule has 0 aliphatic carbocycles. The summed E-state index contributed by atoms with van der Waals surface area (Å²) in [7, 11) is 0. The second-order valence-corrected chi connectivity index (χ2v) is 5.12. The van der Waals surface area contributed by atoms with E-state index in [1.807, 2.05) is 18.2 Å². The maximum absolute atomic E-state index is 8.83. The van der Waals surface area contributed by atoms with Crippen molar-refractivity contribution in [2.45, 2.75) is 33.4 Å². The Morgan fingerprint density at radius 3 is 2.75 bits per heavy atom. The molecule has 0 aliphatic heterocycles. The highest BCUT2D eigenvalue weighted by Crippen LogP contribution is 2.21. The molecule has 0 unspecified atom stereocenters. The molecule has 1 aromatic heterocycles. The summed E-state index contributed by atoms with van der Waals surface area (Å²) in [6, 6.07) is 7.93. The smallest absolute Gasteiger partial charge is 0.124 e. The van der Waals surface area contributed by atoms with Gasteiger partial charge in [-0.25, -0.2) is 4.98 Å². The molecular weight excluding hydrogens is 272 g/mol. The molecule has 0 atom stereocenters. The third-order valence-corrected chi connectivity index (χ3v) is 3.73. The number of hydrogen-bond acceptors (Lipinski definition) is 3. The molecule has 1 heterocycles. The Balaban J connectivity index is 2.42. The van der Waals surface area contributed by atoms with Gasteiger partial charge < -0.3 is 4.57 Å². The van der Waals surface area contributed by atoms with Gasteiger partial charge in [-0.2, -0.15) is 5.26 Å². The summed E-state index contributed by atoms with van der Waals surface area (Å²) >= 11 is 6.03. The van der Waals surface area contributed by atoms with E-state index in [0.717, 1.165) is 36.5 Å². The molecule has 0 fully saturated rings. The average Bonchev–Trinajstić information content (AvgIpc) is 2.78. The van der Waals surface area contributed by atoms with Crippen molar-refractivity contribution in [1.82, 2.24) is 14.5 Å². The van der Waals surface area contributed by atoms with Crippen LogP contribution < -0.4 is 0 Å². The Kier molecular flexibility index (Phi) is 4.99. The van der Waals surface area contributed by atoms with Crippen molar-refractivity contribution >= 4 is 22.6 Å². The van der Waals surface area contributed by atoms with Crippen molar-refractivity contribution in [2.24, 2.45) is 0 Å². The van der Waals surface area contributed by atoms with Crippen LogP contribution >= 0.6 is 11.6 Å². The van der Waals surface area contributed by atoms with Crippen molar-refractivity contribution in [3.8, 4) is 6.07 Å². The van der Waals surface area contributed by atoms with Gasteiger partial charge in [-0.3, -0.25) is 4.90 Å². The highest BCUT2D eigenvalue weighted by Gasteiger charge is 2.13. The average molecular weight is 291 g/mol. The van der Waals surface area contributed by atoms with Crippen LogP contribution in [0, 0.1) is 11.3 Å². The van der Waals surface area contributed by atoms with Crippen LogP contribution in [0.15, 0.2) is 18.2 Å². The second kappa shape index (κ2) is 6.74. The fourth-order valence-electron chi connectivity index (χ4n) is 2.33. The van der Waals surface area contributed by atoms with Crippen LogP contribution in [0.5, 0.6) is 0 Å². The summed E-state index contributed by atoms with van der Waals surface area (Å²) in [5.74, 6) is 1.00. The van der Waals surface area contributed by atoms with Gasteiger partial charge in [0.15, 0.2) is 0 Å². The number of rotatable bonds is 6. The molecule has 20 heavy (non-hydrogen) atoms. The highest BCUT2D eigenvalue weighted by atomic mass is 35.5. The normalized spacial score (nSPS) is 11.2. The van der Waals surface area contributed by atoms with E-state index in [2.05, 4.69) is 34.4 Å². The molecule has 0 saturated heterocycles. The number of fused-ring (bicyclic) bond motifs is 1. The van der Waals surface area contributed by atoms with Gasteiger partial charge in [0.25, 0.3) is 0 Å². The first-order chi connectivity index (χ1) is 9.69. The van der Waals surface area contributed by atoms with Gasteiger partial charge in [0.05, 0.1) is 30.1 Å². The first-order valence-corrected chi connectivity index (χ1v) is 7.31. The summed E-state index contributed by atoms with van der Waals surface area (Å²) in [6.07, 6.45) is 0.485. The van der Waals surface area contributed by atoms with Crippen molar-refractivity contribution in [3.63, 3.8) is 0 Å². The Morgan fingerprint density at radius 2 is 2.10 bits per heavy atom. The second-order valence-electron chi connectivity index (χ2n) is 4.68. The van der Waals surface area contributed by atoms with Gasteiger partial charge in [0.1, 0.15) is 5.82 Å². The maximum atomic E-state index is 8.83. The molecule has 2 aromatic rings. The predicted molar refractivity (Wildman–Crippen MR) is 81.6 cm³/mol. The number of aromatic nitrogens is 2. The van der Waals surface area contributed by atoms with E-state index in [9.17, 15) is 0 Å². The quantitative estimate of drug-likeness (QED) is 0.818. The third-order valence-electron chi connectivity index (χ3n) is 3.50. The molecule has 0 spiro atoms. The minimum Gasteiger partial charge on any atom is -0.326 e. The summed E-state index contributed by atoms with van der Waals surface area (Å²) in [5, 5.41) is 9.52. The van der Waals surface area contributed by atoms with Crippen LogP contribution in [0.1, 0.15) is 26.1 Å². The molecule has 0 N–H and O–H groups in total. The van der Waals surface area contributed by atoms with Crippen LogP contribution in [-0.2, 0) is 13.1 Å². The number of hydrogen-bond donors (Lipinski definition) is 0. The topological polar surface area (TPSA) is 44.9 Å². The first kappa shape index (κ1) is 14.8. The number of benzene rings is 1. The van der Waals surface area contributed by atoms with Crippen molar-refractivity contribution < 1.29 is 0 Å². The lowest BCUT2D eigenvalue weighted by atomic mass is 10.3. The van der Waals surface area contributed by atoms with Crippen LogP contribution in [-0.4, -0.2) is 27.5 Å². The van der Waals surface area contributed by atoms with Crippen molar-refractivity contribution in [1.29, 1.82) is 5.26 Å². The van der Waals surface area contributed by atoms with E-state index in [0.29, 0.717) is 18.0 Å². The van der Waals surface area contributed by atoms with E-state index >= 15 is 0 Å². The van der Waals surface area contributed by atoms with Gasteiger partial charge in [0, 0.05) is 11.6 Å². The zero-order valence-electron chi connectivity index (χ0n) is 11.9. The van der Waals surface area contributed by atoms with Gasteiger partial charge in [-0.1, -0.05) is 25.4 Å². The summed E-state index contributed by atoms with van der Waals surface area (Å²) in [4.78, 5) is 7.00. The zero-order valence-corrected chi connectivity index (χ0v) is 12.7. The van der Waals surface area contributed by atoms with E-state index in [-0.39, 0.29) is 0 Å². The number of imidazole rings is 1. The van der Waals surface area contributed by atoms with Gasteiger partial charge >= 0.3 is 0 Å². The monoisotopic (exact) mass is 290 g/mol. The SMILES string of the molecule is CCN(CC)Cc1nc2cc(Cl)ccc2n1CCC#N. The van der Waals surface area contributed by atoms with Crippen molar-refractivity contribution in [3.05, 3.63) is 29.0 Å². The Morgan fingerprint density at radius 1 is 1.35 bits per heavy atom. The Bertz CT molecular complexity index is 623. The number of halogens is 1. The first-order valence-electron chi connectivity index (χ1n) is 6.93. The summed E-state index contributed by atoms with van der Waals surface area (Å²) in [6.45, 7) is 7.72. The van der Waals surface area contributed by atoms with Gasteiger partial charge in [-0.05, 0) is 31.3 Å². The van der Waals surface area contributed by atoms with Gasteiger partial charge in [0.2, 0.25) is 0 Å². The molecule has 0 bridgehead atoms. The molecule has 0 saturated carbocycles. The van der Waals surface area contributed by atoms with Crippen LogP contribution in [0.2, 0.25) is 5.02 Å². The lowest BCUT2D eigenvalue weighted by Crippen LogP contribution is -2.24. The van der Waals surface area contributed by atoms with Crippen LogP contribution in [0.4, 0.5) is 0 Å². The van der Waals surface area contributed by atoms with E-state index in [4.69, 9.17) is 16.9 Å². The minimum absolute atomic E-state index is 0.485. The fraction of sp³-hybridized carbons (Fsp3) is 0.467. The largest absolute Gasteiger partial charge is 0.326 e. The lowest BCUT2D eigenvalue weighted by Gasteiger charge is -2.18. The van der Waals surface area contributed by atoms with Gasteiger partial charge in [-0.15, -0.1) is 0 Å². The number of nitriles is 1. The molecule has 1 aromatic carbocycles. The standard InChI is InChI=1S/C15H19ClN4/c1-3-19(4-2)11-15-18-13-10-12(16)6-7-14(13)20(15)9-5-8-17/h6-7,10H,3-5,9,11H2,1-2H3. The fourth-order valence-corrected chi connectivity index (χ4v) is 2.50. The molecule has 2 rings (SSSR count). The maximum Gasteiger partial charge on any atom is 0.124 e. The number of nitrogens with zero attached hydrogens (tertiary/aromatic N) is 4. The molecular formula is C15H19ClN4. The number of aryl methyl sites for hydroxylation is 1. The summed E-state index contributed by atoms with van der Waals surface area (Å²) in [5.41, 5.74) is 1.95. The lowest BCUT2D eigenvalue weighted by molar-refractivity contribution is 0.284. The molecule has 0 amide bonds. The molecule has 0 radical (unpaired) electrons. The molecule has 106 valence electrons. The highest BCUT2D eigenvalue weighted by molar-refractivity contribution is 6.31. The molecule has 0 aliphatic rings. The zero-order chi connectivity index (χ0) is 14.5. The predicted octanol–water partition coefficient (Wildman–Crippen LogP) is 3.45. The Labute approximate surface area is 124 Å². The summed E-state index contributed by atoms with van der Waals surface area (Å²) < 4.78 is 2.13. The van der Waals surface area contributed by atoms with E-state index in [1.54, 1.807) is 0 Å². The third kappa shape index (κ3) is 3.12. The minimum atomic E-state index is 0.485. The van der Waals surface area contributed by atoms with Crippen LogP contribution in [0.25, 0.3) is 11.0 Å². The van der Waals surface area contributed by atoms with Crippen molar-refractivity contribution in [2.75, 3.05) is 13.1 Å². The van der Waals surface area contributed by atoms with E-state index < -0.39 is 0 Å². The molecule has 4 nitrogen and oxygen atoms in total. The Hall–Kier alpha value is -1.57. The van der Waals surface area contributed by atoms with Crippen LogP contribution in [0.3, 0.4) is 0 Å².